The number of benzene rings is 2. The molecule has 0 heterocycles. The van der Waals surface area contributed by atoms with E-state index >= 15 is 0 Å². The van der Waals surface area contributed by atoms with E-state index in [4.69, 9.17) is 4.74 Å². The first-order valence-corrected chi connectivity index (χ1v) is 7.91. The Morgan fingerprint density at radius 2 is 1.58 bits per heavy atom. The standard InChI is InChI=1S/C19H21NO4/c1-3-13-6-5-7-14(4-2)18(13)20-17(22)12-24-19(23)15-8-10-16(21)11-9-15/h5-11,21H,3-4,12H2,1-2H3,(H,20,22). The molecule has 2 rings (SSSR count). The predicted octanol–water partition coefficient (Wildman–Crippen LogP) is 3.31. The zero-order chi connectivity index (χ0) is 17.5. The Hall–Kier alpha value is -2.82. The Labute approximate surface area is 141 Å². The lowest BCUT2D eigenvalue weighted by Crippen LogP contribution is -2.22. The van der Waals surface area contributed by atoms with Crippen LogP contribution < -0.4 is 5.32 Å². The van der Waals surface area contributed by atoms with Crippen LogP contribution in [-0.4, -0.2) is 23.6 Å². The number of anilines is 1. The Kier molecular flexibility index (Phi) is 5.95. The van der Waals surface area contributed by atoms with Crippen LogP contribution in [0, 0.1) is 0 Å². The fourth-order valence-corrected chi connectivity index (χ4v) is 2.39. The molecular weight excluding hydrogens is 306 g/mol. The molecule has 5 nitrogen and oxygen atoms in total. The summed E-state index contributed by atoms with van der Waals surface area (Å²) in [5.74, 6) is -0.921. The molecule has 0 aliphatic rings. The SMILES string of the molecule is CCc1cccc(CC)c1NC(=O)COC(=O)c1ccc(O)cc1. The molecule has 0 aliphatic carbocycles. The lowest BCUT2D eigenvalue weighted by molar-refractivity contribution is -0.119. The summed E-state index contributed by atoms with van der Waals surface area (Å²) in [4.78, 5) is 24.0. The van der Waals surface area contributed by atoms with E-state index in [2.05, 4.69) is 5.32 Å². The molecule has 0 saturated heterocycles. The van der Waals surface area contributed by atoms with Crippen molar-refractivity contribution in [3.05, 3.63) is 59.2 Å². The molecule has 0 bridgehead atoms. The number of ether oxygens (including phenoxy) is 1. The highest BCUT2D eigenvalue weighted by Crippen LogP contribution is 2.22. The number of para-hydroxylation sites is 1. The molecule has 0 aliphatic heterocycles. The van der Waals surface area contributed by atoms with Gasteiger partial charge in [-0.1, -0.05) is 32.0 Å². The van der Waals surface area contributed by atoms with Crippen LogP contribution in [0.5, 0.6) is 5.75 Å². The number of carbonyl (C=O) groups excluding carboxylic acids is 2. The van der Waals surface area contributed by atoms with Crippen molar-refractivity contribution < 1.29 is 19.4 Å². The van der Waals surface area contributed by atoms with Crippen LogP contribution in [0.4, 0.5) is 5.69 Å². The maximum atomic E-state index is 12.1. The number of esters is 1. The summed E-state index contributed by atoms with van der Waals surface area (Å²) in [7, 11) is 0. The number of phenolic OH excluding ortho intramolecular Hbond substituents is 1. The molecule has 0 atom stereocenters. The van der Waals surface area contributed by atoms with E-state index in [1.807, 2.05) is 32.0 Å². The summed E-state index contributed by atoms with van der Waals surface area (Å²) in [6.07, 6.45) is 1.60. The average Bonchev–Trinajstić information content (AvgIpc) is 2.60. The second kappa shape index (κ2) is 8.15. The zero-order valence-electron chi connectivity index (χ0n) is 13.8. The number of hydrogen-bond donors (Lipinski definition) is 2. The van der Waals surface area contributed by atoms with Crippen LogP contribution in [0.2, 0.25) is 0 Å². The van der Waals surface area contributed by atoms with Crippen molar-refractivity contribution in [1.82, 2.24) is 0 Å². The zero-order valence-corrected chi connectivity index (χ0v) is 13.8. The van der Waals surface area contributed by atoms with Gasteiger partial charge in [-0.2, -0.15) is 0 Å². The Morgan fingerprint density at radius 1 is 1.00 bits per heavy atom. The Bertz CT molecular complexity index is 700. The third kappa shape index (κ3) is 4.35. The number of amides is 1. The molecule has 2 aromatic carbocycles. The number of rotatable bonds is 6. The summed E-state index contributed by atoms with van der Waals surface area (Å²) in [6, 6.07) is 11.6. The molecule has 0 radical (unpaired) electrons. The van der Waals surface area contributed by atoms with Crippen LogP contribution in [-0.2, 0) is 22.4 Å². The van der Waals surface area contributed by atoms with E-state index in [0.29, 0.717) is 0 Å². The summed E-state index contributed by atoms with van der Waals surface area (Å²) in [5, 5.41) is 12.0. The minimum atomic E-state index is -0.607. The molecule has 126 valence electrons. The van der Waals surface area contributed by atoms with E-state index in [-0.39, 0.29) is 23.8 Å². The highest BCUT2D eigenvalue weighted by atomic mass is 16.5. The lowest BCUT2D eigenvalue weighted by atomic mass is 10.0. The van der Waals surface area contributed by atoms with Gasteiger partial charge in [-0.25, -0.2) is 4.79 Å². The molecule has 0 unspecified atom stereocenters. The minimum Gasteiger partial charge on any atom is -0.508 e. The smallest absolute Gasteiger partial charge is 0.338 e. The second-order valence-electron chi connectivity index (χ2n) is 5.33. The minimum absolute atomic E-state index is 0.0626. The fourth-order valence-electron chi connectivity index (χ4n) is 2.39. The van der Waals surface area contributed by atoms with Crippen molar-refractivity contribution in [2.75, 3.05) is 11.9 Å². The highest BCUT2D eigenvalue weighted by molar-refractivity contribution is 5.96. The molecule has 1 amide bonds. The van der Waals surface area contributed by atoms with Gasteiger partial charge in [0.2, 0.25) is 0 Å². The normalized spacial score (nSPS) is 10.2. The van der Waals surface area contributed by atoms with Gasteiger partial charge in [0.1, 0.15) is 5.75 Å². The number of phenols is 1. The van der Waals surface area contributed by atoms with Crippen molar-refractivity contribution in [2.24, 2.45) is 0 Å². The lowest BCUT2D eigenvalue weighted by Gasteiger charge is -2.14. The van der Waals surface area contributed by atoms with E-state index < -0.39 is 5.97 Å². The first-order valence-electron chi connectivity index (χ1n) is 7.91. The molecular formula is C19H21NO4. The van der Waals surface area contributed by atoms with Crippen LogP contribution >= 0.6 is 0 Å². The van der Waals surface area contributed by atoms with Gasteiger partial charge in [-0.05, 0) is 48.2 Å². The molecule has 5 heteroatoms. The Morgan fingerprint density at radius 3 is 2.12 bits per heavy atom. The number of carbonyl (C=O) groups is 2. The molecule has 0 fully saturated rings. The first kappa shape index (κ1) is 17.5. The first-order chi connectivity index (χ1) is 11.5. The van der Waals surface area contributed by atoms with Gasteiger partial charge in [0.05, 0.1) is 5.56 Å². The number of hydrogen-bond acceptors (Lipinski definition) is 4. The van der Waals surface area contributed by atoms with Crippen LogP contribution in [0.15, 0.2) is 42.5 Å². The van der Waals surface area contributed by atoms with E-state index in [9.17, 15) is 14.7 Å². The quantitative estimate of drug-likeness (QED) is 0.798. The van der Waals surface area contributed by atoms with Gasteiger partial charge in [0, 0.05) is 5.69 Å². The Balaban J connectivity index is 1.99. The predicted molar refractivity (Wildman–Crippen MR) is 92.2 cm³/mol. The van der Waals surface area contributed by atoms with Crippen molar-refractivity contribution >= 4 is 17.6 Å². The van der Waals surface area contributed by atoms with Crippen LogP contribution in [0.3, 0.4) is 0 Å². The molecule has 0 saturated carbocycles. The maximum Gasteiger partial charge on any atom is 0.338 e. The highest BCUT2D eigenvalue weighted by Gasteiger charge is 2.13. The molecule has 0 aromatic heterocycles. The van der Waals surface area contributed by atoms with Gasteiger partial charge in [-0.3, -0.25) is 4.79 Å². The maximum absolute atomic E-state index is 12.1. The monoisotopic (exact) mass is 327 g/mol. The van der Waals surface area contributed by atoms with Crippen molar-refractivity contribution in [2.45, 2.75) is 26.7 Å². The topological polar surface area (TPSA) is 75.6 Å². The van der Waals surface area contributed by atoms with Crippen molar-refractivity contribution in [1.29, 1.82) is 0 Å². The number of aromatic hydroxyl groups is 1. The summed E-state index contributed by atoms with van der Waals surface area (Å²) >= 11 is 0. The third-order valence-corrected chi connectivity index (χ3v) is 3.70. The van der Waals surface area contributed by atoms with Crippen LogP contribution in [0.1, 0.15) is 35.3 Å². The van der Waals surface area contributed by atoms with Gasteiger partial charge < -0.3 is 15.2 Å². The molecule has 2 N–H and O–H groups in total. The molecule has 0 spiro atoms. The molecule has 2 aromatic rings. The average molecular weight is 327 g/mol. The fraction of sp³-hybridized carbons (Fsp3) is 0.263. The third-order valence-electron chi connectivity index (χ3n) is 3.70. The largest absolute Gasteiger partial charge is 0.508 e. The van der Waals surface area contributed by atoms with E-state index in [1.165, 1.54) is 24.3 Å². The van der Waals surface area contributed by atoms with E-state index in [0.717, 1.165) is 29.7 Å². The van der Waals surface area contributed by atoms with Crippen molar-refractivity contribution in [3.8, 4) is 5.75 Å². The van der Waals surface area contributed by atoms with Gasteiger partial charge in [0.25, 0.3) is 5.91 Å². The number of nitrogens with one attached hydrogen (secondary N) is 1. The second-order valence-corrected chi connectivity index (χ2v) is 5.33. The van der Waals surface area contributed by atoms with E-state index in [1.54, 1.807) is 0 Å². The number of aryl methyl sites for hydroxylation is 2. The van der Waals surface area contributed by atoms with Gasteiger partial charge >= 0.3 is 5.97 Å². The van der Waals surface area contributed by atoms with Gasteiger partial charge in [-0.15, -0.1) is 0 Å². The summed E-state index contributed by atoms with van der Waals surface area (Å²) in [5.41, 5.74) is 3.18. The van der Waals surface area contributed by atoms with Crippen molar-refractivity contribution in [3.63, 3.8) is 0 Å². The summed E-state index contributed by atoms with van der Waals surface area (Å²) in [6.45, 7) is 3.69. The van der Waals surface area contributed by atoms with Crippen LogP contribution in [0.25, 0.3) is 0 Å². The molecule has 24 heavy (non-hydrogen) atoms. The van der Waals surface area contributed by atoms with Gasteiger partial charge in [0.15, 0.2) is 6.61 Å². The summed E-state index contributed by atoms with van der Waals surface area (Å²) < 4.78 is 5.02.